The Kier molecular flexibility index (Phi) is 4.70. The van der Waals surface area contributed by atoms with Crippen LogP contribution in [0.15, 0.2) is 0 Å². The fourth-order valence-electron chi connectivity index (χ4n) is 0.842. The quantitative estimate of drug-likeness (QED) is 0.401. The monoisotopic (exact) mass is 352 g/mol. The van der Waals surface area contributed by atoms with Gasteiger partial charge in [-0.05, 0) is 6.42 Å². The van der Waals surface area contributed by atoms with E-state index in [0.29, 0.717) is 0 Å². The van der Waals surface area contributed by atoms with Crippen molar-refractivity contribution in [2.45, 2.75) is 41.7 Å². The highest BCUT2D eigenvalue weighted by molar-refractivity contribution is 14.1. The molecule has 0 amide bonds. The van der Waals surface area contributed by atoms with Crippen molar-refractivity contribution in [1.29, 1.82) is 0 Å². The summed E-state index contributed by atoms with van der Waals surface area (Å²) in [6.45, 7) is 1.39. The van der Waals surface area contributed by atoms with Gasteiger partial charge in [0.05, 0.1) is 0 Å². The van der Waals surface area contributed by atoms with Crippen LogP contribution in [0.2, 0.25) is 0 Å². The largest absolute Gasteiger partial charge is 0.431 e. The molecule has 1 unspecified atom stereocenters. The minimum Gasteiger partial charge on any atom is -0.224 e. The van der Waals surface area contributed by atoms with Gasteiger partial charge in [-0.1, -0.05) is 29.5 Å². The second kappa shape index (κ2) is 4.62. The Morgan fingerprint density at radius 2 is 1.27 bits per heavy atom. The summed E-state index contributed by atoms with van der Waals surface area (Å²) in [6, 6.07) is 0. The highest BCUT2D eigenvalue weighted by atomic mass is 127. The first-order valence-electron chi connectivity index (χ1n) is 3.92. The molecule has 0 saturated carbocycles. The van der Waals surface area contributed by atoms with Gasteiger partial charge in [0.25, 0.3) is 5.67 Å². The normalized spacial score (nSPS) is 16.6. The maximum atomic E-state index is 13.0. The van der Waals surface area contributed by atoms with E-state index in [2.05, 4.69) is 0 Å². The van der Waals surface area contributed by atoms with Crippen molar-refractivity contribution in [3.05, 3.63) is 0 Å². The molecule has 0 aromatic rings. The third-order valence-corrected chi connectivity index (χ3v) is 3.17. The van der Waals surface area contributed by atoms with Gasteiger partial charge in [0.15, 0.2) is 0 Å². The lowest BCUT2D eigenvalue weighted by molar-refractivity contribution is -0.342. The molecule has 0 bridgehead atoms. The highest BCUT2D eigenvalue weighted by Gasteiger charge is 2.72. The van der Waals surface area contributed by atoms with Gasteiger partial charge in [0, 0.05) is 10.3 Å². The fraction of sp³-hybridized carbons (Fsp3) is 1.00. The Labute approximate surface area is 95.3 Å². The lowest BCUT2D eigenvalue weighted by atomic mass is 9.97. The molecule has 0 nitrogen and oxygen atoms in total. The molecule has 0 rings (SSSR count). The molecule has 0 aromatic heterocycles. The summed E-state index contributed by atoms with van der Waals surface area (Å²) in [5.41, 5.74) is -5.11. The first kappa shape index (κ1) is 15.2. The Morgan fingerprint density at radius 1 is 0.933 bits per heavy atom. The van der Waals surface area contributed by atoms with E-state index in [1.807, 2.05) is 0 Å². The van der Waals surface area contributed by atoms with E-state index in [-0.39, 0.29) is 6.42 Å². The summed E-state index contributed by atoms with van der Waals surface area (Å²) in [5, 5.41) is 0. The zero-order chi connectivity index (χ0) is 12.5. The molecule has 0 aliphatic rings. The van der Waals surface area contributed by atoms with Crippen LogP contribution in [0.5, 0.6) is 0 Å². The van der Waals surface area contributed by atoms with Crippen LogP contribution in [0.4, 0.5) is 30.7 Å². The zero-order valence-corrected chi connectivity index (χ0v) is 9.67. The molecule has 15 heavy (non-hydrogen) atoms. The maximum absolute atomic E-state index is 13.0. The van der Waals surface area contributed by atoms with Crippen LogP contribution < -0.4 is 0 Å². The van der Waals surface area contributed by atoms with Gasteiger partial charge in [-0.3, -0.25) is 0 Å². The average molecular weight is 352 g/mol. The van der Waals surface area contributed by atoms with Gasteiger partial charge in [-0.15, -0.1) is 0 Å². The van der Waals surface area contributed by atoms with Crippen LogP contribution in [0.1, 0.15) is 19.8 Å². The molecule has 0 spiro atoms. The predicted octanol–water partition coefficient (Wildman–Crippen LogP) is 4.42. The Bertz CT molecular complexity index is 192. The number of hydrogen-bond donors (Lipinski definition) is 0. The molecule has 0 N–H and O–H groups in total. The van der Waals surface area contributed by atoms with Crippen molar-refractivity contribution >= 4 is 22.6 Å². The molecule has 1 atom stereocenters. The molecule has 0 aliphatic carbocycles. The predicted molar refractivity (Wildman–Crippen MR) is 48.7 cm³/mol. The van der Waals surface area contributed by atoms with E-state index < -0.39 is 28.4 Å². The second-order valence-corrected chi connectivity index (χ2v) is 4.77. The van der Waals surface area contributed by atoms with Crippen molar-refractivity contribution in [1.82, 2.24) is 0 Å². The highest BCUT2D eigenvalue weighted by Crippen LogP contribution is 2.49. The van der Waals surface area contributed by atoms with Crippen molar-refractivity contribution in [2.75, 3.05) is 0 Å². The summed E-state index contributed by atoms with van der Waals surface area (Å²) in [4.78, 5) is 0. The summed E-state index contributed by atoms with van der Waals surface area (Å²) >= 11 is 1.37. The summed E-state index contributed by atoms with van der Waals surface area (Å²) in [6.07, 6.45) is -13.4. The van der Waals surface area contributed by atoms with E-state index in [4.69, 9.17) is 0 Å². The smallest absolute Gasteiger partial charge is 0.224 e. The first-order chi connectivity index (χ1) is 6.45. The van der Waals surface area contributed by atoms with Crippen molar-refractivity contribution in [3.63, 3.8) is 0 Å². The topological polar surface area (TPSA) is 0 Å². The van der Waals surface area contributed by atoms with Crippen LogP contribution >= 0.6 is 22.6 Å². The van der Waals surface area contributed by atoms with Gasteiger partial charge < -0.3 is 0 Å². The zero-order valence-electron chi connectivity index (χ0n) is 7.52. The summed E-state index contributed by atoms with van der Waals surface area (Å²) in [5.74, 6) is 0. The Morgan fingerprint density at radius 3 is 1.47 bits per heavy atom. The maximum Gasteiger partial charge on any atom is 0.431 e. The molecule has 92 valence electrons. The molecule has 0 aliphatic heterocycles. The SMILES string of the molecule is CCC(I)CC(F)(C(F)(F)F)C(F)(F)F. The number of rotatable bonds is 3. The lowest BCUT2D eigenvalue weighted by Gasteiger charge is -2.31. The van der Waals surface area contributed by atoms with Gasteiger partial charge in [-0.2, -0.15) is 26.3 Å². The molecular weight excluding hydrogens is 344 g/mol. The van der Waals surface area contributed by atoms with Crippen LogP contribution in [0.25, 0.3) is 0 Å². The van der Waals surface area contributed by atoms with E-state index in [0.717, 1.165) is 0 Å². The minimum atomic E-state index is -5.93. The van der Waals surface area contributed by atoms with Crippen LogP contribution in [-0.4, -0.2) is 21.9 Å². The van der Waals surface area contributed by atoms with Crippen LogP contribution in [0.3, 0.4) is 0 Å². The van der Waals surface area contributed by atoms with Gasteiger partial charge in [0.1, 0.15) is 0 Å². The molecule has 0 radical (unpaired) electrons. The average Bonchev–Trinajstić information content (AvgIpc) is 1.99. The summed E-state index contributed by atoms with van der Waals surface area (Å²) in [7, 11) is 0. The molecule has 0 heterocycles. The Balaban J connectivity index is 5.06. The third kappa shape index (κ3) is 3.35. The fourth-order valence-corrected chi connectivity index (χ4v) is 1.45. The van der Waals surface area contributed by atoms with E-state index in [9.17, 15) is 30.7 Å². The van der Waals surface area contributed by atoms with E-state index in [1.165, 1.54) is 29.5 Å². The van der Waals surface area contributed by atoms with Gasteiger partial charge in [-0.25, -0.2) is 4.39 Å². The minimum absolute atomic E-state index is 0.0401. The van der Waals surface area contributed by atoms with E-state index >= 15 is 0 Å². The first-order valence-corrected chi connectivity index (χ1v) is 5.16. The molecule has 0 fully saturated rings. The van der Waals surface area contributed by atoms with Crippen LogP contribution in [-0.2, 0) is 0 Å². The van der Waals surface area contributed by atoms with Gasteiger partial charge in [0.2, 0.25) is 0 Å². The van der Waals surface area contributed by atoms with Crippen molar-refractivity contribution in [2.24, 2.45) is 0 Å². The second-order valence-electron chi connectivity index (χ2n) is 3.01. The standard InChI is InChI=1S/C7H8F7I/c1-2-4(15)3-5(8,6(9,10)11)7(12,13)14/h4H,2-3H2,1H3. The van der Waals surface area contributed by atoms with E-state index in [1.54, 1.807) is 0 Å². The number of halogens is 8. The molecular formula is C7H8F7I. The molecule has 8 heteroatoms. The van der Waals surface area contributed by atoms with Crippen LogP contribution in [0, 0.1) is 0 Å². The summed E-state index contributed by atoms with van der Waals surface area (Å²) < 4.78 is 84.0. The van der Waals surface area contributed by atoms with Crippen molar-refractivity contribution in [3.8, 4) is 0 Å². The lowest BCUT2D eigenvalue weighted by Crippen LogP contribution is -2.54. The third-order valence-electron chi connectivity index (χ3n) is 1.84. The number of hydrogen-bond acceptors (Lipinski definition) is 0. The molecule has 0 saturated heterocycles. The van der Waals surface area contributed by atoms with Gasteiger partial charge >= 0.3 is 12.4 Å². The Hall–Kier alpha value is 0.240. The number of alkyl halides is 8. The molecule has 0 aromatic carbocycles. The van der Waals surface area contributed by atoms with Crippen molar-refractivity contribution < 1.29 is 30.7 Å².